The number of hydrogen-bond donors (Lipinski definition) is 3. The minimum absolute atomic E-state index is 0.0448. The number of carbonyl (C=O) groups is 1. The average Bonchev–Trinajstić information content (AvgIpc) is 3.58. The second-order valence-corrected chi connectivity index (χ2v) is 9.62. The van der Waals surface area contributed by atoms with Crippen molar-refractivity contribution in [2.45, 2.75) is 44.4 Å². The van der Waals surface area contributed by atoms with Crippen LogP contribution in [0, 0.1) is 0 Å². The Hall–Kier alpha value is -3.80. The zero-order valence-corrected chi connectivity index (χ0v) is 20.6. The molecule has 1 amide bonds. The maximum Gasteiger partial charge on any atom is 0.449 e. The fourth-order valence-electron chi connectivity index (χ4n) is 5.19. The molecule has 1 aromatic heterocycles. The van der Waals surface area contributed by atoms with Crippen molar-refractivity contribution in [3.63, 3.8) is 0 Å². The molecule has 3 aromatic rings. The average molecular weight is 533 g/mol. The Morgan fingerprint density at radius 2 is 1.89 bits per heavy atom. The quantitative estimate of drug-likeness (QED) is 0.311. The minimum atomic E-state index is -4.66. The Morgan fingerprint density at radius 3 is 2.61 bits per heavy atom. The Morgan fingerprint density at radius 1 is 1.13 bits per heavy atom. The molecule has 0 radical (unpaired) electrons. The van der Waals surface area contributed by atoms with Gasteiger partial charge in [-0.3, -0.25) is 19.3 Å². The number of alkyl halides is 3. The van der Waals surface area contributed by atoms with E-state index < -0.39 is 28.8 Å². The Kier molecular flexibility index (Phi) is 6.68. The minimum Gasteiger partial charge on any atom is -0.505 e. The van der Waals surface area contributed by atoms with Crippen LogP contribution in [-0.4, -0.2) is 53.0 Å². The number of rotatable bonds is 7. The lowest BCUT2D eigenvalue weighted by Crippen LogP contribution is -2.52. The molecule has 9 nitrogen and oxygen atoms in total. The maximum absolute atomic E-state index is 13.2. The van der Waals surface area contributed by atoms with Crippen molar-refractivity contribution in [3.05, 3.63) is 67.9 Å². The van der Waals surface area contributed by atoms with Crippen molar-refractivity contribution in [3.8, 4) is 5.75 Å². The first-order valence-electron chi connectivity index (χ1n) is 12.5. The van der Waals surface area contributed by atoms with E-state index in [4.69, 9.17) is 4.42 Å². The molecule has 202 valence electrons. The van der Waals surface area contributed by atoms with Crippen molar-refractivity contribution < 1.29 is 27.5 Å². The van der Waals surface area contributed by atoms with Crippen LogP contribution in [0.25, 0.3) is 0 Å². The molecule has 3 heterocycles. The van der Waals surface area contributed by atoms with Gasteiger partial charge in [-0.05, 0) is 50.1 Å². The number of amides is 1. The summed E-state index contributed by atoms with van der Waals surface area (Å²) in [7, 11) is 0. The number of phenolic OH excluding ortho intramolecular Hbond substituents is 1. The summed E-state index contributed by atoms with van der Waals surface area (Å²) >= 11 is 0. The number of piperazine rings is 1. The van der Waals surface area contributed by atoms with Crippen LogP contribution in [0.5, 0.6) is 5.75 Å². The van der Waals surface area contributed by atoms with E-state index in [-0.39, 0.29) is 46.5 Å². The number of aromatic hydroxyl groups is 1. The summed E-state index contributed by atoms with van der Waals surface area (Å²) in [5.74, 6) is -1.91. The first kappa shape index (κ1) is 25.8. The fraction of sp³-hybridized carbons (Fsp3) is 0.423. The number of nitrogens with zero attached hydrogens (tertiary/aromatic N) is 2. The molecular weight excluding hydrogens is 505 g/mol. The van der Waals surface area contributed by atoms with E-state index in [2.05, 4.69) is 15.5 Å². The second-order valence-electron chi connectivity index (χ2n) is 9.62. The zero-order chi connectivity index (χ0) is 27.2. The van der Waals surface area contributed by atoms with Crippen LogP contribution in [-0.2, 0) is 6.18 Å². The number of halogens is 3. The molecule has 0 bridgehead atoms. The lowest BCUT2D eigenvalue weighted by atomic mass is 10.1. The first-order chi connectivity index (χ1) is 18.1. The highest BCUT2D eigenvalue weighted by molar-refractivity contribution is 5.99. The maximum atomic E-state index is 13.2. The molecule has 5 rings (SSSR count). The predicted octanol–water partition coefficient (Wildman–Crippen LogP) is 3.83. The summed E-state index contributed by atoms with van der Waals surface area (Å²) in [5.41, 5.74) is -1.89. The lowest BCUT2D eigenvalue weighted by molar-refractivity contribution is -0.153. The van der Waals surface area contributed by atoms with Crippen molar-refractivity contribution in [2.24, 2.45) is 0 Å². The van der Waals surface area contributed by atoms with E-state index in [1.54, 1.807) is 17.9 Å². The molecule has 0 saturated carbocycles. The van der Waals surface area contributed by atoms with Gasteiger partial charge in [0.2, 0.25) is 5.76 Å². The molecule has 2 aromatic carbocycles. The molecule has 38 heavy (non-hydrogen) atoms. The SMILES string of the molecule is CC[C@@H](Nc1c(Nc2cccc(C(=O)N3CCN4CCC[C@H]4C3)c2O)c(=O)c1=O)c1ccc(C(F)(F)F)o1. The highest BCUT2D eigenvalue weighted by Gasteiger charge is 2.36. The van der Waals surface area contributed by atoms with Crippen LogP contribution in [0.4, 0.5) is 30.2 Å². The van der Waals surface area contributed by atoms with Gasteiger partial charge in [0.15, 0.2) is 5.75 Å². The molecule has 0 aliphatic carbocycles. The number of phenols is 1. The van der Waals surface area contributed by atoms with Crippen LogP contribution >= 0.6 is 0 Å². The van der Waals surface area contributed by atoms with E-state index >= 15 is 0 Å². The van der Waals surface area contributed by atoms with Gasteiger partial charge in [-0.15, -0.1) is 0 Å². The third kappa shape index (κ3) is 4.64. The molecule has 2 aliphatic heterocycles. The summed E-state index contributed by atoms with van der Waals surface area (Å²) in [6.07, 6.45) is -2.29. The highest BCUT2D eigenvalue weighted by atomic mass is 19.4. The van der Waals surface area contributed by atoms with E-state index in [9.17, 15) is 32.7 Å². The predicted molar refractivity (Wildman–Crippen MR) is 134 cm³/mol. The molecule has 2 fully saturated rings. The molecule has 0 unspecified atom stereocenters. The monoisotopic (exact) mass is 532 g/mol. The Balaban J connectivity index is 1.35. The summed E-state index contributed by atoms with van der Waals surface area (Å²) < 4.78 is 43.8. The lowest BCUT2D eigenvalue weighted by Gasteiger charge is -2.37. The second kappa shape index (κ2) is 9.82. The normalized spacial score (nSPS) is 18.9. The molecule has 2 atom stereocenters. The summed E-state index contributed by atoms with van der Waals surface area (Å²) in [6, 6.07) is 5.96. The van der Waals surface area contributed by atoms with Crippen LogP contribution in [0.2, 0.25) is 0 Å². The van der Waals surface area contributed by atoms with Gasteiger partial charge < -0.3 is 25.1 Å². The van der Waals surface area contributed by atoms with E-state index in [0.29, 0.717) is 19.1 Å². The van der Waals surface area contributed by atoms with Crippen LogP contribution < -0.4 is 21.5 Å². The van der Waals surface area contributed by atoms with Crippen molar-refractivity contribution in [1.82, 2.24) is 9.80 Å². The fourth-order valence-corrected chi connectivity index (χ4v) is 5.19. The van der Waals surface area contributed by atoms with Crippen molar-refractivity contribution >= 4 is 23.0 Å². The largest absolute Gasteiger partial charge is 0.505 e. The number of furan rings is 1. The number of anilines is 3. The van der Waals surface area contributed by atoms with Gasteiger partial charge in [-0.25, -0.2) is 0 Å². The van der Waals surface area contributed by atoms with Gasteiger partial charge in [0.05, 0.1) is 17.3 Å². The van der Waals surface area contributed by atoms with E-state index in [1.807, 2.05) is 0 Å². The summed E-state index contributed by atoms with van der Waals surface area (Å²) in [5, 5.41) is 16.4. The van der Waals surface area contributed by atoms with Crippen LogP contribution in [0.3, 0.4) is 0 Å². The van der Waals surface area contributed by atoms with Gasteiger partial charge in [0.1, 0.15) is 17.1 Å². The van der Waals surface area contributed by atoms with Gasteiger partial charge in [-0.1, -0.05) is 13.0 Å². The van der Waals surface area contributed by atoms with E-state index in [1.165, 1.54) is 12.1 Å². The van der Waals surface area contributed by atoms with Gasteiger partial charge in [0.25, 0.3) is 16.8 Å². The summed E-state index contributed by atoms with van der Waals surface area (Å²) in [4.78, 5) is 42.0. The molecule has 12 heteroatoms. The number of hydrogen-bond acceptors (Lipinski definition) is 8. The molecule has 0 spiro atoms. The number of fused-ring (bicyclic) bond motifs is 1. The number of benzene rings is 1. The smallest absolute Gasteiger partial charge is 0.449 e. The Labute approximate surface area is 215 Å². The third-order valence-corrected chi connectivity index (χ3v) is 7.29. The molecule has 2 saturated heterocycles. The van der Waals surface area contributed by atoms with Crippen molar-refractivity contribution in [2.75, 3.05) is 36.8 Å². The number of carbonyl (C=O) groups excluding carboxylic acids is 1. The number of nitrogens with one attached hydrogen (secondary N) is 2. The molecule has 2 aliphatic rings. The molecular formula is C26H27F3N4O5. The topological polar surface area (TPSA) is 115 Å². The molecule has 3 N–H and O–H groups in total. The van der Waals surface area contributed by atoms with Gasteiger partial charge in [-0.2, -0.15) is 13.2 Å². The van der Waals surface area contributed by atoms with Crippen LogP contribution in [0.15, 0.2) is 44.3 Å². The van der Waals surface area contributed by atoms with Gasteiger partial charge >= 0.3 is 6.18 Å². The van der Waals surface area contributed by atoms with Crippen LogP contribution in [0.1, 0.15) is 54.1 Å². The highest BCUT2D eigenvalue weighted by Crippen LogP contribution is 2.36. The summed E-state index contributed by atoms with van der Waals surface area (Å²) in [6.45, 7) is 4.59. The van der Waals surface area contributed by atoms with Gasteiger partial charge in [0, 0.05) is 25.7 Å². The zero-order valence-electron chi connectivity index (χ0n) is 20.6. The van der Waals surface area contributed by atoms with E-state index in [0.717, 1.165) is 38.1 Å². The Bertz CT molecular complexity index is 1430. The first-order valence-corrected chi connectivity index (χ1v) is 12.5. The van der Waals surface area contributed by atoms with Crippen molar-refractivity contribution in [1.29, 1.82) is 0 Å². The third-order valence-electron chi connectivity index (χ3n) is 7.29. The standard InChI is InChI=1S/C26H27F3N4O5/c1-2-16(18-8-9-19(38-18)26(27,28)29)30-20-21(24(36)23(20)35)31-17-7-3-6-15(22(17)34)25(37)33-12-11-32-10-4-5-14(32)13-33/h3,6-9,14,16,30-31,34H,2,4-5,10-13H2,1H3/t14-,16+/m0/s1. The number of para-hydroxylation sites is 1.